The summed E-state index contributed by atoms with van der Waals surface area (Å²) in [6.07, 6.45) is 1.75. The Hall–Kier alpha value is -2.14. The van der Waals surface area contributed by atoms with Crippen LogP contribution in [0.5, 0.6) is 0 Å². The molecule has 0 atom stereocenters. The van der Waals surface area contributed by atoms with Crippen molar-refractivity contribution in [2.45, 2.75) is 13.8 Å². The summed E-state index contributed by atoms with van der Waals surface area (Å²) in [6, 6.07) is 8.27. The van der Waals surface area contributed by atoms with E-state index in [4.69, 9.17) is 5.84 Å². The molecule has 5 heteroatoms. The summed E-state index contributed by atoms with van der Waals surface area (Å²) in [5.41, 5.74) is 5.77. The summed E-state index contributed by atoms with van der Waals surface area (Å²) >= 11 is 0. The number of nitrogens with one attached hydrogen (secondary N) is 1. The van der Waals surface area contributed by atoms with Crippen molar-refractivity contribution < 1.29 is 0 Å². The van der Waals surface area contributed by atoms with Crippen LogP contribution in [0.4, 0.5) is 17.5 Å². The Bertz CT molecular complexity index is 536. The molecular weight excluding hydrogens is 226 g/mol. The summed E-state index contributed by atoms with van der Waals surface area (Å²) in [7, 11) is 1.97. The van der Waals surface area contributed by atoms with Gasteiger partial charge in [-0.3, -0.25) is 5.43 Å². The molecule has 0 aliphatic rings. The topological polar surface area (TPSA) is 67.1 Å². The molecule has 0 spiro atoms. The predicted molar refractivity (Wildman–Crippen MR) is 73.8 cm³/mol. The van der Waals surface area contributed by atoms with Crippen LogP contribution in [0.2, 0.25) is 0 Å². The van der Waals surface area contributed by atoms with Crippen LogP contribution < -0.4 is 16.2 Å². The van der Waals surface area contributed by atoms with Crippen LogP contribution in [0.25, 0.3) is 0 Å². The number of hydrazine groups is 1. The Morgan fingerprint density at radius 3 is 2.44 bits per heavy atom. The Morgan fingerprint density at radius 2 is 1.83 bits per heavy atom. The van der Waals surface area contributed by atoms with Crippen LogP contribution in [0, 0.1) is 13.8 Å². The molecule has 18 heavy (non-hydrogen) atoms. The second-order valence-corrected chi connectivity index (χ2v) is 4.24. The molecule has 5 nitrogen and oxygen atoms in total. The lowest BCUT2D eigenvalue weighted by molar-refractivity contribution is 1.04. The van der Waals surface area contributed by atoms with Crippen molar-refractivity contribution >= 4 is 17.5 Å². The van der Waals surface area contributed by atoms with E-state index in [0.717, 1.165) is 17.1 Å². The van der Waals surface area contributed by atoms with Crippen molar-refractivity contribution in [3.63, 3.8) is 0 Å². The van der Waals surface area contributed by atoms with E-state index in [9.17, 15) is 0 Å². The van der Waals surface area contributed by atoms with E-state index in [1.54, 1.807) is 6.20 Å². The Balaban J connectivity index is 2.38. The van der Waals surface area contributed by atoms with Gasteiger partial charge in [-0.05, 0) is 26.0 Å². The molecule has 2 aromatic rings. The molecule has 0 bridgehead atoms. The number of nitrogens with zero attached hydrogens (tertiary/aromatic N) is 3. The molecule has 0 aliphatic heterocycles. The first-order chi connectivity index (χ1) is 8.61. The Kier molecular flexibility index (Phi) is 3.43. The fraction of sp³-hybridized carbons (Fsp3) is 0.231. The van der Waals surface area contributed by atoms with Gasteiger partial charge in [0.2, 0.25) is 5.95 Å². The normalized spacial score (nSPS) is 10.2. The van der Waals surface area contributed by atoms with Gasteiger partial charge in [-0.25, -0.2) is 10.8 Å². The van der Waals surface area contributed by atoms with E-state index >= 15 is 0 Å². The van der Waals surface area contributed by atoms with Crippen LogP contribution in [-0.4, -0.2) is 17.0 Å². The maximum absolute atomic E-state index is 5.33. The van der Waals surface area contributed by atoms with Crippen molar-refractivity contribution in [2.24, 2.45) is 5.84 Å². The van der Waals surface area contributed by atoms with Crippen LogP contribution in [0.1, 0.15) is 11.1 Å². The van der Waals surface area contributed by atoms with Crippen molar-refractivity contribution in [3.05, 3.63) is 41.6 Å². The SMILES string of the molecule is Cc1ccc(N(C)c2nc(NN)ncc2C)cc1. The zero-order valence-electron chi connectivity index (χ0n) is 10.8. The van der Waals surface area contributed by atoms with Crippen molar-refractivity contribution in [3.8, 4) is 0 Å². The van der Waals surface area contributed by atoms with Crippen LogP contribution >= 0.6 is 0 Å². The molecule has 0 amide bonds. The highest BCUT2D eigenvalue weighted by Crippen LogP contribution is 2.25. The molecule has 94 valence electrons. The highest BCUT2D eigenvalue weighted by molar-refractivity contribution is 5.62. The second-order valence-electron chi connectivity index (χ2n) is 4.24. The fourth-order valence-corrected chi connectivity index (χ4v) is 1.73. The third-order valence-corrected chi connectivity index (χ3v) is 2.81. The molecule has 0 radical (unpaired) electrons. The molecular formula is C13H17N5. The number of benzene rings is 1. The smallest absolute Gasteiger partial charge is 0.239 e. The third kappa shape index (κ3) is 2.41. The molecule has 1 aromatic heterocycles. The highest BCUT2D eigenvalue weighted by Gasteiger charge is 2.10. The average Bonchev–Trinajstić information content (AvgIpc) is 2.39. The maximum atomic E-state index is 5.33. The Morgan fingerprint density at radius 1 is 1.17 bits per heavy atom. The van der Waals surface area contributed by atoms with Gasteiger partial charge in [-0.2, -0.15) is 4.98 Å². The number of aromatic nitrogens is 2. The van der Waals surface area contributed by atoms with Gasteiger partial charge < -0.3 is 4.90 Å². The first kappa shape index (κ1) is 12.3. The minimum Gasteiger partial charge on any atom is -0.329 e. The lowest BCUT2D eigenvalue weighted by atomic mass is 10.2. The number of anilines is 3. The third-order valence-electron chi connectivity index (χ3n) is 2.81. The highest BCUT2D eigenvalue weighted by atomic mass is 15.3. The van der Waals surface area contributed by atoms with E-state index in [1.807, 2.05) is 18.9 Å². The van der Waals surface area contributed by atoms with E-state index < -0.39 is 0 Å². The first-order valence-corrected chi connectivity index (χ1v) is 5.72. The molecule has 0 aliphatic carbocycles. The summed E-state index contributed by atoms with van der Waals surface area (Å²) in [6.45, 7) is 4.04. The molecule has 0 saturated heterocycles. The van der Waals surface area contributed by atoms with Gasteiger partial charge in [-0.15, -0.1) is 0 Å². The number of nitrogen functional groups attached to an aromatic ring is 1. The standard InChI is InChI=1S/C13H17N5/c1-9-4-6-11(7-5-9)18(3)12-10(2)8-15-13(16-12)17-14/h4-8H,14H2,1-3H3,(H,15,16,17). The monoisotopic (exact) mass is 243 g/mol. The molecule has 3 N–H and O–H groups in total. The molecule has 0 unspecified atom stereocenters. The molecule has 2 rings (SSSR count). The maximum Gasteiger partial charge on any atom is 0.239 e. The van der Waals surface area contributed by atoms with Gasteiger partial charge in [0, 0.05) is 24.5 Å². The second kappa shape index (κ2) is 5.01. The predicted octanol–water partition coefficient (Wildman–Crippen LogP) is 2.15. The molecule has 1 heterocycles. The number of rotatable bonds is 3. The number of nitrogens with two attached hydrogens (primary N) is 1. The number of hydrogen-bond donors (Lipinski definition) is 2. The van der Waals surface area contributed by atoms with Crippen molar-refractivity contribution in [1.29, 1.82) is 0 Å². The zero-order chi connectivity index (χ0) is 13.1. The van der Waals surface area contributed by atoms with Crippen LogP contribution in [0.3, 0.4) is 0 Å². The van der Waals surface area contributed by atoms with E-state index in [1.165, 1.54) is 5.56 Å². The van der Waals surface area contributed by atoms with Gasteiger partial charge >= 0.3 is 0 Å². The lowest BCUT2D eigenvalue weighted by Gasteiger charge is -2.20. The van der Waals surface area contributed by atoms with Crippen molar-refractivity contribution in [1.82, 2.24) is 9.97 Å². The number of hydrogen-bond acceptors (Lipinski definition) is 5. The largest absolute Gasteiger partial charge is 0.329 e. The van der Waals surface area contributed by atoms with Gasteiger partial charge in [0.15, 0.2) is 0 Å². The minimum atomic E-state index is 0.412. The van der Waals surface area contributed by atoms with E-state index in [0.29, 0.717) is 5.95 Å². The van der Waals surface area contributed by atoms with Gasteiger partial charge in [0.25, 0.3) is 0 Å². The van der Waals surface area contributed by atoms with Gasteiger partial charge in [0.1, 0.15) is 5.82 Å². The fourth-order valence-electron chi connectivity index (χ4n) is 1.73. The van der Waals surface area contributed by atoms with E-state index in [2.05, 4.69) is 46.6 Å². The summed E-state index contributed by atoms with van der Waals surface area (Å²) in [4.78, 5) is 10.5. The quantitative estimate of drug-likeness (QED) is 0.638. The molecule has 1 aromatic carbocycles. The van der Waals surface area contributed by atoms with Crippen molar-refractivity contribution in [2.75, 3.05) is 17.4 Å². The van der Waals surface area contributed by atoms with Gasteiger partial charge in [0.05, 0.1) is 0 Å². The lowest BCUT2D eigenvalue weighted by Crippen LogP contribution is -2.16. The van der Waals surface area contributed by atoms with Crippen LogP contribution in [0.15, 0.2) is 30.5 Å². The molecule has 0 fully saturated rings. The first-order valence-electron chi connectivity index (χ1n) is 5.72. The summed E-state index contributed by atoms with van der Waals surface area (Å²) in [5.74, 6) is 6.58. The zero-order valence-corrected chi connectivity index (χ0v) is 10.8. The molecule has 0 saturated carbocycles. The average molecular weight is 243 g/mol. The summed E-state index contributed by atoms with van der Waals surface area (Å²) < 4.78 is 0. The van der Waals surface area contributed by atoms with E-state index in [-0.39, 0.29) is 0 Å². The Labute approximate surface area is 107 Å². The number of aryl methyl sites for hydroxylation is 2. The van der Waals surface area contributed by atoms with Gasteiger partial charge in [-0.1, -0.05) is 17.7 Å². The van der Waals surface area contributed by atoms with Crippen LogP contribution in [-0.2, 0) is 0 Å². The summed E-state index contributed by atoms with van der Waals surface area (Å²) in [5, 5.41) is 0. The minimum absolute atomic E-state index is 0.412.